The average Bonchev–Trinajstić information content (AvgIpc) is 2.26. The molecule has 0 aromatic heterocycles. The molecule has 0 atom stereocenters. The maximum absolute atomic E-state index is 8.64. The van der Waals surface area contributed by atoms with E-state index in [2.05, 4.69) is 29.5 Å². The normalized spacial score (nSPS) is 13.4. The SMILES string of the molecule is CN(C)CCCNCCCC(C)(C)C(N)=NO. The summed E-state index contributed by atoms with van der Waals surface area (Å²) >= 11 is 0. The molecule has 0 amide bonds. The van der Waals surface area contributed by atoms with Crippen LogP contribution in [-0.2, 0) is 0 Å². The summed E-state index contributed by atoms with van der Waals surface area (Å²) < 4.78 is 0. The molecule has 5 heteroatoms. The standard InChI is InChI=1S/C12H28N4O/c1-12(2,11(13)15-17)7-5-8-14-9-6-10-16(3)4/h14,17H,5-10H2,1-4H3,(H2,13,15). The minimum absolute atomic E-state index is 0.222. The lowest BCUT2D eigenvalue weighted by Crippen LogP contribution is -2.32. The Hall–Kier alpha value is -0.810. The maximum Gasteiger partial charge on any atom is 0.144 e. The summed E-state index contributed by atoms with van der Waals surface area (Å²) in [6, 6.07) is 0. The van der Waals surface area contributed by atoms with Gasteiger partial charge >= 0.3 is 0 Å². The van der Waals surface area contributed by atoms with Gasteiger partial charge in [-0.2, -0.15) is 0 Å². The predicted octanol–water partition coefficient (Wildman–Crippen LogP) is 1.08. The molecule has 0 spiro atoms. The van der Waals surface area contributed by atoms with Gasteiger partial charge in [0.15, 0.2) is 0 Å². The largest absolute Gasteiger partial charge is 0.409 e. The maximum atomic E-state index is 8.64. The van der Waals surface area contributed by atoms with Gasteiger partial charge in [0.25, 0.3) is 0 Å². The fourth-order valence-electron chi connectivity index (χ4n) is 1.56. The summed E-state index contributed by atoms with van der Waals surface area (Å²) in [5, 5.41) is 15.1. The van der Waals surface area contributed by atoms with Gasteiger partial charge in [0.2, 0.25) is 0 Å². The Bertz CT molecular complexity index is 227. The van der Waals surface area contributed by atoms with Gasteiger partial charge < -0.3 is 21.2 Å². The first kappa shape index (κ1) is 16.2. The first-order valence-electron chi connectivity index (χ1n) is 6.23. The molecule has 102 valence electrons. The highest BCUT2D eigenvalue weighted by molar-refractivity contribution is 5.85. The van der Waals surface area contributed by atoms with Gasteiger partial charge in [-0.15, -0.1) is 0 Å². The second kappa shape index (κ2) is 8.31. The number of nitrogens with one attached hydrogen (secondary N) is 1. The molecule has 0 rings (SSSR count). The molecule has 0 aliphatic rings. The van der Waals surface area contributed by atoms with Gasteiger partial charge in [0.05, 0.1) is 0 Å². The molecule has 0 aromatic rings. The zero-order valence-corrected chi connectivity index (χ0v) is 11.7. The van der Waals surface area contributed by atoms with E-state index in [0.29, 0.717) is 5.84 Å². The van der Waals surface area contributed by atoms with Crippen molar-refractivity contribution >= 4 is 5.84 Å². The molecular weight excluding hydrogens is 216 g/mol. The number of oxime groups is 1. The third-order valence-electron chi connectivity index (χ3n) is 2.92. The fourth-order valence-corrected chi connectivity index (χ4v) is 1.56. The number of rotatable bonds is 9. The summed E-state index contributed by atoms with van der Waals surface area (Å²) in [7, 11) is 4.17. The van der Waals surface area contributed by atoms with Crippen LogP contribution in [0.5, 0.6) is 0 Å². The van der Waals surface area contributed by atoms with Crippen molar-refractivity contribution in [2.24, 2.45) is 16.3 Å². The molecule has 0 saturated heterocycles. The zero-order valence-electron chi connectivity index (χ0n) is 11.7. The van der Waals surface area contributed by atoms with Gasteiger partial charge in [0.1, 0.15) is 5.84 Å². The number of nitrogens with zero attached hydrogens (tertiary/aromatic N) is 2. The van der Waals surface area contributed by atoms with Crippen LogP contribution < -0.4 is 11.1 Å². The van der Waals surface area contributed by atoms with Crippen LogP contribution in [0.25, 0.3) is 0 Å². The first-order valence-corrected chi connectivity index (χ1v) is 6.23. The van der Waals surface area contributed by atoms with Crippen LogP contribution in [0.4, 0.5) is 0 Å². The predicted molar refractivity (Wildman–Crippen MR) is 72.5 cm³/mol. The van der Waals surface area contributed by atoms with Gasteiger partial charge in [0, 0.05) is 5.41 Å². The van der Waals surface area contributed by atoms with Crippen LogP contribution in [0.1, 0.15) is 33.1 Å². The molecule has 0 bridgehead atoms. The van der Waals surface area contributed by atoms with E-state index in [4.69, 9.17) is 10.9 Å². The Kier molecular flexibility index (Phi) is 7.91. The van der Waals surface area contributed by atoms with Crippen LogP contribution in [-0.4, -0.2) is 49.7 Å². The lowest BCUT2D eigenvalue weighted by molar-refractivity contribution is 0.304. The number of amidine groups is 1. The topological polar surface area (TPSA) is 73.9 Å². The van der Waals surface area contributed by atoms with Crippen molar-refractivity contribution in [2.45, 2.75) is 33.1 Å². The van der Waals surface area contributed by atoms with E-state index in [1.165, 1.54) is 0 Å². The average molecular weight is 244 g/mol. The van der Waals surface area contributed by atoms with E-state index in [9.17, 15) is 0 Å². The van der Waals surface area contributed by atoms with Gasteiger partial charge in [-0.1, -0.05) is 19.0 Å². The Morgan fingerprint density at radius 3 is 2.41 bits per heavy atom. The van der Waals surface area contributed by atoms with Crippen LogP contribution in [0, 0.1) is 5.41 Å². The lowest BCUT2D eigenvalue weighted by Gasteiger charge is -2.22. The number of nitrogens with two attached hydrogens (primary N) is 1. The van der Waals surface area contributed by atoms with Crippen LogP contribution in [0.15, 0.2) is 5.16 Å². The third-order valence-corrected chi connectivity index (χ3v) is 2.92. The summed E-state index contributed by atoms with van der Waals surface area (Å²) in [4.78, 5) is 2.18. The van der Waals surface area contributed by atoms with Crippen molar-refractivity contribution in [1.29, 1.82) is 0 Å². The van der Waals surface area contributed by atoms with Crippen molar-refractivity contribution < 1.29 is 5.21 Å². The molecular formula is C12H28N4O. The highest BCUT2D eigenvalue weighted by Crippen LogP contribution is 2.21. The summed E-state index contributed by atoms with van der Waals surface area (Å²) in [6.45, 7) is 7.13. The minimum atomic E-state index is -0.222. The van der Waals surface area contributed by atoms with E-state index in [0.717, 1.165) is 38.9 Å². The molecule has 0 aliphatic heterocycles. The molecule has 0 aliphatic carbocycles. The molecule has 5 nitrogen and oxygen atoms in total. The molecule has 0 aromatic carbocycles. The van der Waals surface area contributed by atoms with Crippen LogP contribution in [0.3, 0.4) is 0 Å². The van der Waals surface area contributed by atoms with Crippen molar-refractivity contribution in [2.75, 3.05) is 33.7 Å². The lowest BCUT2D eigenvalue weighted by atomic mass is 9.86. The molecule has 4 N–H and O–H groups in total. The Balaban J connectivity index is 3.52. The van der Waals surface area contributed by atoms with Crippen LogP contribution in [0.2, 0.25) is 0 Å². The number of hydrogen-bond acceptors (Lipinski definition) is 4. The molecule has 0 unspecified atom stereocenters. The fraction of sp³-hybridized carbons (Fsp3) is 0.917. The molecule has 17 heavy (non-hydrogen) atoms. The Morgan fingerprint density at radius 1 is 1.29 bits per heavy atom. The van der Waals surface area contributed by atoms with E-state index in [-0.39, 0.29) is 5.41 Å². The van der Waals surface area contributed by atoms with E-state index in [1.54, 1.807) is 0 Å². The van der Waals surface area contributed by atoms with Crippen molar-refractivity contribution in [1.82, 2.24) is 10.2 Å². The quantitative estimate of drug-likeness (QED) is 0.186. The summed E-state index contributed by atoms with van der Waals surface area (Å²) in [5.74, 6) is 0.310. The van der Waals surface area contributed by atoms with Gasteiger partial charge in [-0.05, 0) is 53.0 Å². The van der Waals surface area contributed by atoms with Crippen LogP contribution >= 0.6 is 0 Å². The molecule has 0 fully saturated rings. The molecule has 0 heterocycles. The van der Waals surface area contributed by atoms with E-state index >= 15 is 0 Å². The third kappa shape index (κ3) is 7.99. The highest BCUT2D eigenvalue weighted by atomic mass is 16.4. The summed E-state index contributed by atoms with van der Waals surface area (Å²) in [6.07, 6.45) is 3.12. The van der Waals surface area contributed by atoms with Gasteiger partial charge in [-0.3, -0.25) is 0 Å². The number of hydrogen-bond donors (Lipinski definition) is 3. The Labute approximate surface area is 105 Å². The highest BCUT2D eigenvalue weighted by Gasteiger charge is 2.22. The van der Waals surface area contributed by atoms with E-state index in [1.807, 2.05) is 13.8 Å². The van der Waals surface area contributed by atoms with Crippen molar-refractivity contribution in [3.63, 3.8) is 0 Å². The Morgan fingerprint density at radius 2 is 1.88 bits per heavy atom. The van der Waals surface area contributed by atoms with Gasteiger partial charge in [-0.25, -0.2) is 0 Å². The zero-order chi connectivity index (χ0) is 13.3. The van der Waals surface area contributed by atoms with Crippen molar-refractivity contribution in [3.8, 4) is 0 Å². The smallest absolute Gasteiger partial charge is 0.144 e. The monoisotopic (exact) mass is 244 g/mol. The molecule has 0 radical (unpaired) electrons. The van der Waals surface area contributed by atoms with Crippen molar-refractivity contribution in [3.05, 3.63) is 0 Å². The second-order valence-corrected chi connectivity index (χ2v) is 5.38. The minimum Gasteiger partial charge on any atom is -0.409 e. The molecule has 0 saturated carbocycles. The summed E-state index contributed by atoms with van der Waals surface area (Å²) in [5.41, 5.74) is 5.40. The first-order chi connectivity index (χ1) is 7.90. The second-order valence-electron chi connectivity index (χ2n) is 5.38. The van der Waals surface area contributed by atoms with E-state index < -0.39 is 0 Å².